The van der Waals surface area contributed by atoms with E-state index in [1.165, 1.54) is 0 Å². The van der Waals surface area contributed by atoms with Gasteiger partial charge in [0.25, 0.3) is 0 Å². The topological polar surface area (TPSA) is 58.4 Å². The van der Waals surface area contributed by atoms with Crippen molar-refractivity contribution in [3.05, 3.63) is 18.0 Å². The Morgan fingerprint density at radius 3 is 2.76 bits per heavy atom. The van der Waals surface area contributed by atoms with Crippen molar-refractivity contribution >= 4 is 5.97 Å². The van der Waals surface area contributed by atoms with Crippen LogP contribution in [0.25, 0.3) is 0 Å². The normalized spacial score (nSPS) is 12.9. The molecule has 0 fully saturated rings. The Hall–Kier alpha value is -1.36. The van der Waals surface area contributed by atoms with E-state index >= 15 is 0 Å². The molecule has 0 aromatic carbocycles. The average molecular weight is 239 g/mol. The number of carboxylic acid groups (broad SMARTS) is 1. The fourth-order valence-electron chi connectivity index (χ4n) is 1.86. The summed E-state index contributed by atoms with van der Waals surface area (Å²) >= 11 is 0. The van der Waals surface area contributed by atoms with Gasteiger partial charge in [0.2, 0.25) is 0 Å². The number of nitrogens with zero attached hydrogens (tertiary/aromatic N) is 3. The fourth-order valence-corrected chi connectivity index (χ4v) is 1.86. The Labute approximate surface area is 102 Å². The van der Waals surface area contributed by atoms with Gasteiger partial charge in [0, 0.05) is 30.9 Å². The van der Waals surface area contributed by atoms with Crippen LogP contribution < -0.4 is 0 Å². The molecule has 1 rings (SSSR count). The zero-order valence-corrected chi connectivity index (χ0v) is 10.8. The van der Waals surface area contributed by atoms with Gasteiger partial charge < -0.3 is 5.11 Å². The molecule has 0 aliphatic rings. The Morgan fingerprint density at radius 2 is 2.29 bits per heavy atom. The molecule has 5 nitrogen and oxygen atoms in total. The maximum Gasteiger partial charge on any atom is 0.304 e. The molecule has 0 amide bonds. The van der Waals surface area contributed by atoms with E-state index in [9.17, 15) is 4.79 Å². The van der Waals surface area contributed by atoms with Crippen molar-refractivity contribution in [1.29, 1.82) is 0 Å². The molecule has 1 heterocycles. The number of aromatic nitrogens is 2. The highest BCUT2D eigenvalue weighted by atomic mass is 16.4. The lowest BCUT2D eigenvalue weighted by molar-refractivity contribution is -0.138. The van der Waals surface area contributed by atoms with E-state index in [2.05, 4.69) is 10.00 Å². The quantitative estimate of drug-likeness (QED) is 0.785. The van der Waals surface area contributed by atoms with E-state index in [4.69, 9.17) is 5.11 Å². The van der Waals surface area contributed by atoms with Crippen molar-refractivity contribution in [2.75, 3.05) is 6.54 Å². The third-order valence-corrected chi connectivity index (χ3v) is 2.90. The summed E-state index contributed by atoms with van der Waals surface area (Å²) in [5.74, 6) is -0.750. The van der Waals surface area contributed by atoms with Crippen LogP contribution in [0.1, 0.15) is 32.8 Å². The van der Waals surface area contributed by atoms with Crippen LogP contribution in [0, 0.1) is 0 Å². The third kappa shape index (κ3) is 4.19. The van der Waals surface area contributed by atoms with E-state index in [1.807, 2.05) is 37.8 Å². The highest BCUT2D eigenvalue weighted by molar-refractivity contribution is 5.67. The Bertz CT molecular complexity index is 362. The summed E-state index contributed by atoms with van der Waals surface area (Å²) in [6, 6.07) is 0.0440. The lowest BCUT2D eigenvalue weighted by Crippen LogP contribution is -2.34. The molecule has 0 saturated heterocycles. The molecule has 5 heteroatoms. The Kier molecular flexibility index (Phi) is 5.15. The molecule has 17 heavy (non-hydrogen) atoms. The van der Waals surface area contributed by atoms with Gasteiger partial charge in [0.1, 0.15) is 0 Å². The first-order valence-corrected chi connectivity index (χ1v) is 6.04. The van der Waals surface area contributed by atoms with Crippen LogP contribution in [-0.2, 0) is 17.9 Å². The van der Waals surface area contributed by atoms with E-state index in [-0.39, 0.29) is 12.5 Å². The summed E-state index contributed by atoms with van der Waals surface area (Å²) in [7, 11) is 0. The summed E-state index contributed by atoms with van der Waals surface area (Å²) in [5.41, 5.74) is 1.13. The maximum absolute atomic E-state index is 10.7. The highest BCUT2D eigenvalue weighted by Gasteiger charge is 2.16. The maximum atomic E-state index is 10.7. The van der Waals surface area contributed by atoms with Crippen molar-refractivity contribution in [2.24, 2.45) is 0 Å². The van der Waals surface area contributed by atoms with Gasteiger partial charge in [-0.3, -0.25) is 14.4 Å². The van der Waals surface area contributed by atoms with Gasteiger partial charge >= 0.3 is 5.97 Å². The smallest absolute Gasteiger partial charge is 0.304 e. The van der Waals surface area contributed by atoms with Gasteiger partial charge in [-0.15, -0.1) is 0 Å². The second-order valence-electron chi connectivity index (χ2n) is 4.21. The lowest BCUT2D eigenvalue weighted by atomic mass is 10.2. The van der Waals surface area contributed by atoms with Gasteiger partial charge in [-0.25, -0.2) is 0 Å². The minimum atomic E-state index is -0.750. The predicted molar refractivity (Wildman–Crippen MR) is 65.7 cm³/mol. The van der Waals surface area contributed by atoms with Gasteiger partial charge in [0.15, 0.2) is 0 Å². The van der Waals surface area contributed by atoms with Crippen molar-refractivity contribution in [1.82, 2.24) is 14.7 Å². The molecule has 1 aromatic heterocycles. The highest BCUT2D eigenvalue weighted by Crippen LogP contribution is 2.10. The molecule has 0 spiro atoms. The summed E-state index contributed by atoms with van der Waals surface area (Å²) in [4.78, 5) is 12.8. The summed E-state index contributed by atoms with van der Waals surface area (Å²) in [6.07, 6.45) is 4.03. The van der Waals surface area contributed by atoms with Crippen molar-refractivity contribution in [3.8, 4) is 0 Å². The number of aliphatic carboxylic acids is 1. The first-order chi connectivity index (χ1) is 8.06. The molecule has 0 bridgehead atoms. The molecule has 1 aromatic rings. The first-order valence-electron chi connectivity index (χ1n) is 6.04. The van der Waals surface area contributed by atoms with E-state index in [0.29, 0.717) is 0 Å². The molecule has 96 valence electrons. The second-order valence-corrected chi connectivity index (χ2v) is 4.21. The van der Waals surface area contributed by atoms with Gasteiger partial charge in [-0.05, 0) is 20.4 Å². The summed E-state index contributed by atoms with van der Waals surface area (Å²) < 4.78 is 1.88. The standard InChI is InChI=1S/C12H21N3O2/c1-4-14(10(3)6-12(16)17)8-11-7-13-15(5-2)9-11/h7,9-10H,4-6,8H2,1-3H3,(H,16,17). The van der Waals surface area contributed by atoms with E-state index < -0.39 is 5.97 Å². The molecule has 0 saturated carbocycles. The third-order valence-electron chi connectivity index (χ3n) is 2.90. The molecule has 1 unspecified atom stereocenters. The van der Waals surface area contributed by atoms with Crippen molar-refractivity contribution < 1.29 is 9.90 Å². The largest absolute Gasteiger partial charge is 0.481 e. The fraction of sp³-hybridized carbons (Fsp3) is 0.667. The zero-order valence-electron chi connectivity index (χ0n) is 10.8. The Balaban J connectivity index is 2.59. The van der Waals surface area contributed by atoms with E-state index in [1.54, 1.807) is 0 Å². The number of rotatable bonds is 7. The zero-order chi connectivity index (χ0) is 12.8. The van der Waals surface area contributed by atoms with Crippen LogP contribution in [0.4, 0.5) is 0 Å². The monoisotopic (exact) mass is 239 g/mol. The number of carbonyl (C=O) groups is 1. The van der Waals surface area contributed by atoms with Gasteiger partial charge in [-0.1, -0.05) is 6.92 Å². The van der Waals surface area contributed by atoms with E-state index in [0.717, 1.165) is 25.2 Å². The summed E-state index contributed by atoms with van der Waals surface area (Å²) in [6.45, 7) is 8.49. The molecule has 1 N–H and O–H groups in total. The minimum absolute atomic E-state index is 0.0440. The van der Waals surface area contributed by atoms with Gasteiger partial charge in [0.05, 0.1) is 12.6 Å². The average Bonchev–Trinajstić information content (AvgIpc) is 2.72. The molecule has 1 atom stereocenters. The number of hydrogen-bond acceptors (Lipinski definition) is 3. The summed E-state index contributed by atoms with van der Waals surface area (Å²) in [5, 5.41) is 13.0. The van der Waals surface area contributed by atoms with Crippen LogP contribution in [0.5, 0.6) is 0 Å². The molecular weight excluding hydrogens is 218 g/mol. The van der Waals surface area contributed by atoms with Crippen LogP contribution >= 0.6 is 0 Å². The van der Waals surface area contributed by atoms with Crippen LogP contribution in [-0.4, -0.2) is 38.3 Å². The van der Waals surface area contributed by atoms with Crippen LogP contribution in [0.2, 0.25) is 0 Å². The Morgan fingerprint density at radius 1 is 1.59 bits per heavy atom. The van der Waals surface area contributed by atoms with Crippen LogP contribution in [0.15, 0.2) is 12.4 Å². The van der Waals surface area contributed by atoms with Crippen molar-refractivity contribution in [2.45, 2.75) is 46.3 Å². The number of aryl methyl sites for hydroxylation is 1. The second kappa shape index (κ2) is 6.39. The molecule has 0 aliphatic carbocycles. The lowest BCUT2D eigenvalue weighted by Gasteiger charge is -2.26. The molecular formula is C12H21N3O2. The predicted octanol–water partition coefficient (Wildman–Crippen LogP) is 1.59. The number of carboxylic acids is 1. The molecule has 0 radical (unpaired) electrons. The van der Waals surface area contributed by atoms with Crippen LogP contribution in [0.3, 0.4) is 0 Å². The minimum Gasteiger partial charge on any atom is -0.481 e. The SMILES string of the molecule is CCN(Cc1cnn(CC)c1)C(C)CC(=O)O. The van der Waals surface area contributed by atoms with Crippen molar-refractivity contribution in [3.63, 3.8) is 0 Å². The first kappa shape index (κ1) is 13.7. The number of hydrogen-bond donors (Lipinski definition) is 1. The van der Waals surface area contributed by atoms with Gasteiger partial charge in [-0.2, -0.15) is 5.10 Å². The molecule has 0 aliphatic heterocycles.